The summed E-state index contributed by atoms with van der Waals surface area (Å²) in [5.41, 5.74) is 1.50. The van der Waals surface area contributed by atoms with Crippen molar-refractivity contribution in [1.82, 2.24) is 15.0 Å². The van der Waals surface area contributed by atoms with Gasteiger partial charge in [0.1, 0.15) is 23.7 Å². The summed E-state index contributed by atoms with van der Waals surface area (Å²) in [4.78, 5) is 29.3. The van der Waals surface area contributed by atoms with E-state index in [1.54, 1.807) is 44.9 Å². The highest BCUT2D eigenvalue weighted by Crippen LogP contribution is 2.28. The number of hydrogen-bond acceptors (Lipinski definition) is 7. The molecule has 3 rings (SSSR count). The van der Waals surface area contributed by atoms with E-state index < -0.39 is 24.7 Å². The molecule has 0 aliphatic carbocycles. The number of ether oxygens (including phenoxy) is 2. The van der Waals surface area contributed by atoms with Crippen molar-refractivity contribution in [3.05, 3.63) is 35.2 Å². The summed E-state index contributed by atoms with van der Waals surface area (Å²) in [7, 11) is 3.14. The van der Waals surface area contributed by atoms with Gasteiger partial charge in [0.25, 0.3) is 5.91 Å². The van der Waals surface area contributed by atoms with E-state index in [0.717, 1.165) is 0 Å². The topological polar surface area (TPSA) is 109 Å². The molecule has 39 heavy (non-hydrogen) atoms. The molecule has 3 amide bonds. The van der Waals surface area contributed by atoms with Crippen LogP contribution in [0.25, 0.3) is 0 Å². The first-order valence-electron chi connectivity index (χ1n) is 12.7. The predicted octanol–water partition coefficient (Wildman–Crippen LogP) is 4.69. The van der Waals surface area contributed by atoms with E-state index >= 15 is 0 Å². The van der Waals surface area contributed by atoms with Crippen molar-refractivity contribution in [3.63, 3.8) is 0 Å². The van der Waals surface area contributed by atoms with Crippen molar-refractivity contribution in [2.24, 2.45) is 5.92 Å². The number of likely N-dealkylation sites (N-methyl/N-ethyl adjacent to an activating group) is 1. The summed E-state index contributed by atoms with van der Waals surface area (Å²) in [5.74, 6) is 0.191. The fourth-order valence-corrected chi connectivity index (χ4v) is 4.45. The zero-order valence-corrected chi connectivity index (χ0v) is 23.0. The van der Waals surface area contributed by atoms with E-state index in [4.69, 9.17) is 14.0 Å². The van der Waals surface area contributed by atoms with Crippen molar-refractivity contribution in [2.45, 2.75) is 52.4 Å². The van der Waals surface area contributed by atoms with Gasteiger partial charge in [-0.3, -0.25) is 9.69 Å². The van der Waals surface area contributed by atoms with Gasteiger partial charge in [-0.2, -0.15) is 13.2 Å². The Hall–Kier alpha value is -3.32. The van der Waals surface area contributed by atoms with Crippen molar-refractivity contribution in [1.29, 1.82) is 0 Å². The molecule has 0 spiro atoms. The molecule has 216 valence electrons. The molecule has 0 unspecified atom stereocenters. The number of halogens is 3. The molecule has 2 heterocycles. The van der Waals surface area contributed by atoms with E-state index in [1.807, 2.05) is 6.92 Å². The normalized spacial score (nSPS) is 21.4. The predicted molar refractivity (Wildman–Crippen MR) is 139 cm³/mol. The molecule has 0 saturated heterocycles. The van der Waals surface area contributed by atoms with Crippen LogP contribution in [0.4, 0.5) is 29.3 Å². The van der Waals surface area contributed by atoms with Gasteiger partial charge in [0.2, 0.25) is 0 Å². The fourth-order valence-electron chi connectivity index (χ4n) is 4.45. The third kappa shape index (κ3) is 8.09. The lowest BCUT2D eigenvalue weighted by atomic mass is 10.0. The molecule has 0 bridgehead atoms. The summed E-state index contributed by atoms with van der Waals surface area (Å²) in [6.07, 6.45) is -5.64. The smallest absolute Gasteiger partial charge is 0.390 e. The lowest BCUT2D eigenvalue weighted by Gasteiger charge is -2.36. The standard InChI is InChI=1S/C26H36F3N5O5/c1-15-12-34(10-9-26(27,28)29)16(2)14-38-21-8-7-19(11-20(21)24(35)33(5)13-22(15)37-6)30-25(36)31-23-17(3)32-39-18(23)4/h7-8,11,15-16,22H,9-10,12-14H2,1-6H3,(H2,30,31,36)/t15-,16+,22+/m0/s1. The Morgan fingerprint density at radius 3 is 2.54 bits per heavy atom. The third-order valence-corrected chi connectivity index (χ3v) is 6.79. The van der Waals surface area contributed by atoms with Crippen LogP contribution in [0, 0.1) is 19.8 Å². The van der Waals surface area contributed by atoms with E-state index in [2.05, 4.69) is 15.8 Å². The molecular formula is C26H36F3N5O5. The van der Waals surface area contributed by atoms with Crippen LogP contribution in [0.2, 0.25) is 0 Å². The number of amides is 3. The molecule has 1 aromatic heterocycles. The number of fused-ring (bicyclic) bond motifs is 1. The number of carbonyl (C=O) groups is 2. The number of rotatable bonds is 5. The maximum absolute atomic E-state index is 13.5. The number of hydrogen-bond donors (Lipinski definition) is 2. The highest BCUT2D eigenvalue weighted by Gasteiger charge is 2.32. The van der Waals surface area contributed by atoms with Gasteiger partial charge in [0.05, 0.1) is 18.1 Å². The van der Waals surface area contributed by atoms with Crippen LogP contribution < -0.4 is 15.4 Å². The van der Waals surface area contributed by atoms with Gasteiger partial charge in [-0.25, -0.2) is 4.79 Å². The van der Waals surface area contributed by atoms with Gasteiger partial charge in [-0.1, -0.05) is 12.1 Å². The SMILES string of the molecule is CO[C@@H]1CN(C)C(=O)c2cc(NC(=O)Nc3c(C)noc3C)ccc2OC[C@@H](C)N(CCC(F)(F)F)C[C@@H]1C. The maximum Gasteiger partial charge on any atom is 0.390 e. The Morgan fingerprint density at radius 2 is 1.92 bits per heavy atom. The van der Waals surface area contributed by atoms with Crippen LogP contribution in [0.3, 0.4) is 0 Å². The fraction of sp³-hybridized carbons (Fsp3) is 0.577. The summed E-state index contributed by atoms with van der Waals surface area (Å²) in [5, 5.41) is 9.18. The number of aryl methyl sites for hydroxylation is 2. The van der Waals surface area contributed by atoms with Crippen LogP contribution in [0.5, 0.6) is 5.75 Å². The molecule has 0 saturated carbocycles. The van der Waals surface area contributed by atoms with Gasteiger partial charge in [0.15, 0.2) is 5.76 Å². The quantitative estimate of drug-likeness (QED) is 0.551. The highest BCUT2D eigenvalue weighted by atomic mass is 19.4. The summed E-state index contributed by atoms with van der Waals surface area (Å²) >= 11 is 0. The molecule has 2 N–H and O–H groups in total. The molecule has 1 aromatic carbocycles. The second-order valence-electron chi connectivity index (χ2n) is 9.95. The molecule has 13 heteroatoms. The summed E-state index contributed by atoms with van der Waals surface area (Å²) in [6.45, 7) is 7.48. The Labute approximate surface area is 225 Å². The average molecular weight is 556 g/mol. The Balaban J connectivity index is 1.87. The number of methoxy groups -OCH3 is 1. The summed E-state index contributed by atoms with van der Waals surface area (Å²) < 4.78 is 55.7. The minimum absolute atomic E-state index is 0.0610. The van der Waals surface area contributed by atoms with Crippen LogP contribution in [-0.4, -0.2) is 85.6 Å². The Kier molecular flexibility index (Phi) is 9.83. The number of aromatic nitrogens is 1. The van der Waals surface area contributed by atoms with Gasteiger partial charge in [-0.05, 0) is 44.9 Å². The second kappa shape index (κ2) is 12.7. The first-order valence-corrected chi connectivity index (χ1v) is 12.7. The van der Waals surface area contributed by atoms with Gasteiger partial charge in [0, 0.05) is 45.5 Å². The molecule has 2 aromatic rings. The van der Waals surface area contributed by atoms with Crippen molar-refractivity contribution < 1.29 is 36.8 Å². The molecule has 3 atom stereocenters. The number of alkyl halides is 3. The molecule has 0 fully saturated rings. The number of urea groups is 1. The average Bonchev–Trinajstić information content (AvgIpc) is 3.18. The van der Waals surface area contributed by atoms with E-state index in [1.165, 1.54) is 18.1 Å². The van der Waals surface area contributed by atoms with Gasteiger partial charge >= 0.3 is 12.2 Å². The van der Waals surface area contributed by atoms with Gasteiger partial charge < -0.3 is 29.5 Å². The van der Waals surface area contributed by atoms with Crippen molar-refractivity contribution >= 4 is 23.3 Å². The van der Waals surface area contributed by atoms with Crippen molar-refractivity contribution in [3.8, 4) is 5.75 Å². The van der Waals surface area contributed by atoms with Crippen LogP contribution in [0.1, 0.15) is 42.1 Å². The lowest BCUT2D eigenvalue weighted by Crippen LogP contribution is -2.47. The highest BCUT2D eigenvalue weighted by molar-refractivity contribution is 6.02. The molecular weight excluding hydrogens is 519 g/mol. The van der Waals surface area contributed by atoms with E-state index in [9.17, 15) is 22.8 Å². The second-order valence-corrected chi connectivity index (χ2v) is 9.95. The number of anilines is 2. The number of benzene rings is 1. The molecule has 1 aliphatic rings. The molecule has 0 radical (unpaired) electrons. The zero-order valence-electron chi connectivity index (χ0n) is 23.0. The van der Waals surface area contributed by atoms with Crippen molar-refractivity contribution in [2.75, 3.05) is 51.0 Å². The monoisotopic (exact) mass is 555 g/mol. The minimum atomic E-state index is -4.28. The molecule has 1 aliphatic heterocycles. The first-order chi connectivity index (χ1) is 18.3. The van der Waals surface area contributed by atoms with E-state index in [-0.39, 0.29) is 48.9 Å². The number of carbonyl (C=O) groups excluding carboxylic acids is 2. The van der Waals surface area contributed by atoms with E-state index in [0.29, 0.717) is 29.4 Å². The molecule has 10 nitrogen and oxygen atoms in total. The number of nitrogens with one attached hydrogen (secondary N) is 2. The Morgan fingerprint density at radius 1 is 1.21 bits per heavy atom. The lowest BCUT2D eigenvalue weighted by molar-refractivity contribution is -0.140. The first kappa shape index (κ1) is 30.2. The number of nitrogens with zero attached hydrogens (tertiary/aromatic N) is 3. The van der Waals surface area contributed by atoms with Crippen LogP contribution in [-0.2, 0) is 4.74 Å². The van der Waals surface area contributed by atoms with Crippen LogP contribution >= 0.6 is 0 Å². The summed E-state index contributed by atoms with van der Waals surface area (Å²) in [6, 6.07) is 3.72. The Bertz CT molecular complexity index is 1140. The third-order valence-electron chi connectivity index (χ3n) is 6.79. The van der Waals surface area contributed by atoms with Gasteiger partial charge in [-0.15, -0.1) is 0 Å². The largest absolute Gasteiger partial charge is 0.491 e. The maximum atomic E-state index is 13.5. The zero-order chi connectivity index (χ0) is 28.9. The minimum Gasteiger partial charge on any atom is -0.491 e. The van der Waals surface area contributed by atoms with Crippen LogP contribution in [0.15, 0.2) is 22.7 Å².